The molecule has 0 aliphatic carbocycles. The molecule has 0 spiro atoms. The maximum Gasteiger partial charge on any atom is 0.573 e. The third-order valence-electron chi connectivity index (χ3n) is 3.76. The molecule has 0 saturated heterocycles. The molecule has 0 fully saturated rings. The Hall–Kier alpha value is -3.28. The van der Waals surface area contributed by atoms with Crippen molar-refractivity contribution in [3.63, 3.8) is 0 Å². The van der Waals surface area contributed by atoms with Gasteiger partial charge in [0, 0.05) is 12.1 Å². The summed E-state index contributed by atoms with van der Waals surface area (Å²) in [6.45, 7) is -0.122. The minimum Gasteiger partial charge on any atom is -0.494 e. The Morgan fingerprint density at radius 2 is 1.83 bits per heavy atom. The number of tetrazole rings is 1. The van der Waals surface area contributed by atoms with E-state index >= 15 is 0 Å². The monoisotopic (exact) mass is 439 g/mol. The average molecular weight is 439 g/mol. The number of methoxy groups -OCH3 is 1. The molecule has 3 aromatic rings. The first-order valence-electron chi connectivity index (χ1n) is 8.52. The highest BCUT2D eigenvalue weighted by Gasteiger charge is 2.32. The molecular formula is C18H16F3N5O3S. The number of ether oxygens (including phenoxy) is 2. The third kappa shape index (κ3) is 5.63. The first-order valence-corrected chi connectivity index (χ1v) is 9.51. The number of carbonyl (C=O) groups excluding carboxylic acids is 1. The van der Waals surface area contributed by atoms with Crippen molar-refractivity contribution in [2.45, 2.75) is 18.1 Å². The fourth-order valence-electron chi connectivity index (χ4n) is 2.47. The molecule has 0 aliphatic rings. The summed E-state index contributed by atoms with van der Waals surface area (Å²) in [4.78, 5) is 12.2. The Balaban J connectivity index is 1.60. The van der Waals surface area contributed by atoms with Crippen LogP contribution in [0, 0.1) is 0 Å². The van der Waals surface area contributed by atoms with E-state index in [1.165, 1.54) is 30.0 Å². The molecule has 0 saturated carbocycles. The zero-order valence-corrected chi connectivity index (χ0v) is 16.4. The molecule has 1 amide bonds. The summed E-state index contributed by atoms with van der Waals surface area (Å²) in [6.07, 6.45) is -4.81. The van der Waals surface area contributed by atoms with Gasteiger partial charge >= 0.3 is 6.36 Å². The van der Waals surface area contributed by atoms with Gasteiger partial charge in [-0.05, 0) is 28.6 Å². The molecule has 0 radical (unpaired) electrons. The molecule has 158 valence electrons. The Morgan fingerprint density at radius 3 is 2.57 bits per heavy atom. The maximum atomic E-state index is 12.5. The van der Waals surface area contributed by atoms with Gasteiger partial charge in [-0.25, -0.2) is 0 Å². The van der Waals surface area contributed by atoms with Gasteiger partial charge in [0.25, 0.3) is 0 Å². The van der Waals surface area contributed by atoms with Crippen LogP contribution in [-0.4, -0.2) is 45.3 Å². The molecule has 0 aliphatic heterocycles. The predicted molar refractivity (Wildman–Crippen MR) is 101 cm³/mol. The van der Waals surface area contributed by atoms with Crippen LogP contribution < -0.4 is 14.8 Å². The first-order chi connectivity index (χ1) is 14.4. The fourth-order valence-corrected chi connectivity index (χ4v) is 3.19. The molecule has 0 bridgehead atoms. The van der Waals surface area contributed by atoms with Crippen LogP contribution >= 0.6 is 11.8 Å². The lowest BCUT2D eigenvalue weighted by Gasteiger charge is -2.13. The zero-order valence-electron chi connectivity index (χ0n) is 15.6. The molecule has 12 heteroatoms. The van der Waals surface area contributed by atoms with E-state index < -0.39 is 12.3 Å². The number of nitrogens with zero attached hydrogens (tertiary/aromatic N) is 4. The van der Waals surface area contributed by atoms with Gasteiger partial charge in [-0.2, -0.15) is 4.68 Å². The summed E-state index contributed by atoms with van der Waals surface area (Å²) in [5.74, 6) is -0.260. The van der Waals surface area contributed by atoms with Crippen LogP contribution in [0.3, 0.4) is 0 Å². The van der Waals surface area contributed by atoms with Crippen LogP contribution in [0.5, 0.6) is 11.5 Å². The summed E-state index contributed by atoms with van der Waals surface area (Å²) in [5, 5.41) is 14.3. The number of carbonyl (C=O) groups is 1. The lowest BCUT2D eigenvalue weighted by atomic mass is 10.2. The quantitative estimate of drug-likeness (QED) is 0.540. The molecule has 3 rings (SSSR count). The van der Waals surface area contributed by atoms with Gasteiger partial charge in [0.1, 0.15) is 17.2 Å². The summed E-state index contributed by atoms with van der Waals surface area (Å²) in [6, 6.07) is 12.7. The Kier molecular flexibility index (Phi) is 6.77. The second kappa shape index (κ2) is 9.48. The highest BCUT2D eigenvalue weighted by molar-refractivity contribution is 7.99. The smallest absolute Gasteiger partial charge is 0.494 e. The van der Waals surface area contributed by atoms with Gasteiger partial charge < -0.3 is 14.8 Å². The van der Waals surface area contributed by atoms with Crippen LogP contribution in [-0.2, 0) is 11.3 Å². The second-order valence-corrected chi connectivity index (χ2v) is 6.71. The van der Waals surface area contributed by atoms with E-state index in [9.17, 15) is 18.0 Å². The number of hydrogen-bond acceptors (Lipinski definition) is 7. The van der Waals surface area contributed by atoms with E-state index in [0.29, 0.717) is 16.6 Å². The molecule has 0 unspecified atom stereocenters. The van der Waals surface area contributed by atoms with Crippen molar-refractivity contribution >= 4 is 17.7 Å². The normalized spacial score (nSPS) is 11.2. The van der Waals surface area contributed by atoms with Crippen molar-refractivity contribution in [3.05, 3.63) is 54.1 Å². The van der Waals surface area contributed by atoms with Crippen molar-refractivity contribution in [1.29, 1.82) is 0 Å². The van der Waals surface area contributed by atoms with Gasteiger partial charge in [-0.15, -0.1) is 18.3 Å². The van der Waals surface area contributed by atoms with Crippen LogP contribution in [0.2, 0.25) is 0 Å². The lowest BCUT2D eigenvalue weighted by Crippen LogP contribution is -2.26. The second-order valence-electron chi connectivity index (χ2n) is 5.77. The number of rotatable bonds is 8. The first kappa shape index (κ1) is 21.4. The minimum absolute atomic E-state index is 0.0438. The molecule has 30 heavy (non-hydrogen) atoms. The molecule has 1 N–H and O–H groups in total. The number of alkyl halides is 3. The summed E-state index contributed by atoms with van der Waals surface area (Å²) in [5.41, 5.74) is 0.804. The van der Waals surface area contributed by atoms with Crippen molar-refractivity contribution in [2.24, 2.45) is 0 Å². The number of nitrogens with one attached hydrogen (secondary N) is 1. The minimum atomic E-state index is -4.81. The summed E-state index contributed by atoms with van der Waals surface area (Å²) in [7, 11) is 1.52. The molecule has 1 aromatic heterocycles. The predicted octanol–water partition coefficient (Wildman–Crippen LogP) is 2.98. The number of benzene rings is 2. The molecule has 0 atom stereocenters. The molecular weight excluding hydrogens is 423 g/mol. The third-order valence-corrected chi connectivity index (χ3v) is 4.68. The Bertz CT molecular complexity index is 1010. The van der Waals surface area contributed by atoms with E-state index in [-0.39, 0.29) is 23.6 Å². The number of aromatic nitrogens is 4. The number of para-hydroxylation sites is 3. The van der Waals surface area contributed by atoms with Crippen LogP contribution in [0.1, 0.15) is 5.56 Å². The zero-order chi connectivity index (χ0) is 21.6. The molecule has 8 nitrogen and oxygen atoms in total. The lowest BCUT2D eigenvalue weighted by molar-refractivity contribution is -0.274. The number of thioether (sulfide) groups is 1. The number of amides is 1. The number of halogens is 3. The Morgan fingerprint density at radius 1 is 1.13 bits per heavy atom. The highest BCUT2D eigenvalue weighted by atomic mass is 32.2. The van der Waals surface area contributed by atoms with E-state index in [2.05, 4.69) is 25.6 Å². The standard InChI is InChI=1S/C18H16F3N5O3S/c1-28-15-9-5-3-7-13(15)26-17(23-24-25-26)30-11-16(27)22-10-12-6-2-4-8-14(12)29-18(19,20)21/h2-9H,10-11H2,1H3,(H,22,27). The number of hydrogen-bond donors (Lipinski definition) is 1. The SMILES string of the molecule is COc1ccccc1-n1nnnc1SCC(=O)NCc1ccccc1OC(F)(F)F. The van der Waals surface area contributed by atoms with Crippen LogP contribution in [0.25, 0.3) is 5.69 Å². The van der Waals surface area contributed by atoms with Crippen LogP contribution in [0.4, 0.5) is 13.2 Å². The summed E-state index contributed by atoms with van der Waals surface area (Å²) >= 11 is 1.07. The van der Waals surface area contributed by atoms with E-state index in [1.54, 1.807) is 30.3 Å². The fraction of sp³-hybridized carbons (Fsp3) is 0.222. The van der Waals surface area contributed by atoms with E-state index in [0.717, 1.165) is 11.8 Å². The van der Waals surface area contributed by atoms with Crippen molar-refractivity contribution in [1.82, 2.24) is 25.5 Å². The Labute approximate surface area is 173 Å². The molecule has 1 heterocycles. The average Bonchev–Trinajstić information content (AvgIpc) is 3.19. The van der Waals surface area contributed by atoms with Gasteiger partial charge in [0.15, 0.2) is 0 Å². The van der Waals surface area contributed by atoms with Crippen molar-refractivity contribution in [3.8, 4) is 17.2 Å². The van der Waals surface area contributed by atoms with Gasteiger partial charge in [-0.1, -0.05) is 42.1 Å². The largest absolute Gasteiger partial charge is 0.573 e. The highest BCUT2D eigenvalue weighted by Crippen LogP contribution is 2.27. The van der Waals surface area contributed by atoms with Crippen molar-refractivity contribution in [2.75, 3.05) is 12.9 Å². The van der Waals surface area contributed by atoms with Gasteiger partial charge in [-0.3, -0.25) is 4.79 Å². The van der Waals surface area contributed by atoms with Gasteiger partial charge in [0.05, 0.1) is 12.9 Å². The van der Waals surface area contributed by atoms with Crippen LogP contribution in [0.15, 0.2) is 53.7 Å². The van der Waals surface area contributed by atoms with Gasteiger partial charge in [0.2, 0.25) is 11.1 Å². The van der Waals surface area contributed by atoms with Crippen molar-refractivity contribution < 1.29 is 27.4 Å². The maximum absolute atomic E-state index is 12.5. The van der Waals surface area contributed by atoms with E-state index in [4.69, 9.17) is 4.74 Å². The molecule has 2 aromatic carbocycles. The topological polar surface area (TPSA) is 91.2 Å². The van der Waals surface area contributed by atoms with E-state index in [1.807, 2.05) is 0 Å². The summed E-state index contributed by atoms with van der Waals surface area (Å²) < 4.78 is 48.2.